The van der Waals surface area contributed by atoms with Crippen molar-refractivity contribution in [2.24, 2.45) is 0 Å². The molecule has 0 fully saturated rings. The standard InChI is InChI=1S/C17H13ClF3N3O3S/c1-2-27-10-3-4-12-13(6-10)28-16(22-12)23-14(25)8-24-7-9(17(19,20)21)5-11(18)15(24)26/h3-7H,2,8H2,1H3,(H,22,23,25). The van der Waals surface area contributed by atoms with E-state index in [0.717, 1.165) is 4.70 Å². The Morgan fingerprint density at radius 2 is 2.11 bits per heavy atom. The van der Waals surface area contributed by atoms with Gasteiger partial charge in [-0.1, -0.05) is 22.9 Å². The fourth-order valence-electron chi connectivity index (χ4n) is 2.40. The van der Waals surface area contributed by atoms with Gasteiger partial charge in [0.2, 0.25) is 5.91 Å². The topological polar surface area (TPSA) is 73.2 Å². The lowest BCUT2D eigenvalue weighted by atomic mass is 10.2. The monoisotopic (exact) mass is 431 g/mol. The van der Waals surface area contributed by atoms with Gasteiger partial charge in [0, 0.05) is 6.20 Å². The molecule has 148 valence electrons. The van der Waals surface area contributed by atoms with Crippen LogP contribution in [0, 0.1) is 0 Å². The highest BCUT2D eigenvalue weighted by Crippen LogP contribution is 2.30. The molecule has 1 aromatic carbocycles. The first-order valence-electron chi connectivity index (χ1n) is 7.98. The Labute approximate surface area is 165 Å². The van der Waals surface area contributed by atoms with Gasteiger partial charge < -0.3 is 14.6 Å². The molecular weight excluding hydrogens is 419 g/mol. The summed E-state index contributed by atoms with van der Waals surface area (Å²) >= 11 is 6.75. The number of hydrogen-bond donors (Lipinski definition) is 1. The summed E-state index contributed by atoms with van der Waals surface area (Å²) in [4.78, 5) is 28.4. The number of rotatable bonds is 5. The van der Waals surface area contributed by atoms with E-state index < -0.39 is 34.8 Å². The Hall–Kier alpha value is -2.59. The number of amides is 1. The van der Waals surface area contributed by atoms with E-state index in [2.05, 4.69) is 10.3 Å². The van der Waals surface area contributed by atoms with Crippen LogP contribution in [0.15, 0.2) is 35.3 Å². The minimum Gasteiger partial charge on any atom is -0.494 e. The molecule has 0 saturated carbocycles. The Morgan fingerprint density at radius 1 is 1.36 bits per heavy atom. The van der Waals surface area contributed by atoms with Gasteiger partial charge in [-0.25, -0.2) is 4.98 Å². The van der Waals surface area contributed by atoms with E-state index in [0.29, 0.717) is 34.7 Å². The van der Waals surface area contributed by atoms with Crippen molar-refractivity contribution in [1.82, 2.24) is 9.55 Å². The van der Waals surface area contributed by atoms with Gasteiger partial charge in [-0.2, -0.15) is 13.2 Å². The summed E-state index contributed by atoms with van der Waals surface area (Å²) < 4.78 is 45.4. The van der Waals surface area contributed by atoms with Gasteiger partial charge in [0.25, 0.3) is 5.56 Å². The van der Waals surface area contributed by atoms with Crippen LogP contribution in [-0.2, 0) is 17.5 Å². The number of alkyl halides is 3. The summed E-state index contributed by atoms with van der Waals surface area (Å²) in [5.41, 5.74) is -1.38. The van der Waals surface area contributed by atoms with Gasteiger partial charge in [-0.3, -0.25) is 9.59 Å². The third-order valence-electron chi connectivity index (χ3n) is 3.60. The van der Waals surface area contributed by atoms with Crippen LogP contribution in [0.4, 0.5) is 18.3 Å². The summed E-state index contributed by atoms with van der Waals surface area (Å²) in [6, 6.07) is 5.76. The second kappa shape index (κ2) is 7.80. The van der Waals surface area contributed by atoms with Crippen LogP contribution >= 0.6 is 22.9 Å². The maximum Gasteiger partial charge on any atom is 0.417 e. The van der Waals surface area contributed by atoms with Crippen LogP contribution in [-0.4, -0.2) is 22.1 Å². The lowest BCUT2D eigenvalue weighted by Crippen LogP contribution is -2.29. The SMILES string of the molecule is CCOc1ccc2nc(NC(=O)Cn3cc(C(F)(F)F)cc(Cl)c3=O)sc2c1. The van der Waals surface area contributed by atoms with Gasteiger partial charge >= 0.3 is 6.18 Å². The Bertz CT molecular complexity index is 1090. The zero-order valence-electron chi connectivity index (χ0n) is 14.3. The summed E-state index contributed by atoms with van der Waals surface area (Å²) in [5, 5.41) is 2.11. The predicted molar refractivity (Wildman–Crippen MR) is 100 cm³/mol. The number of nitrogens with one attached hydrogen (secondary N) is 1. The molecule has 3 aromatic rings. The number of nitrogens with zero attached hydrogens (tertiary/aromatic N) is 2. The molecule has 3 rings (SSSR count). The van der Waals surface area contributed by atoms with Gasteiger partial charge in [0.05, 0.1) is 22.4 Å². The average Bonchev–Trinajstić information content (AvgIpc) is 2.99. The molecule has 0 aliphatic carbocycles. The molecule has 2 aromatic heterocycles. The van der Waals surface area contributed by atoms with E-state index in [9.17, 15) is 22.8 Å². The van der Waals surface area contributed by atoms with Gasteiger partial charge in [-0.15, -0.1) is 0 Å². The Balaban J connectivity index is 1.80. The highest BCUT2D eigenvalue weighted by molar-refractivity contribution is 7.22. The molecule has 0 unspecified atom stereocenters. The van der Waals surface area contributed by atoms with Crippen molar-refractivity contribution in [1.29, 1.82) is 0 Å². The fraction of sp³-hybridized carbons (Fsp3) is 0.235. The summed E-state index contributed by atoms with van der Waals surface area (Å²) in [6.07, 6.45) is -4.14. The molecule has 0 bridgehead atoms. The second-order valence-corrected chi connectivity index (χ2v) is 7.08. The molecule has 0 aliphatic heterocycles. The molecule has 0 radical (unpaired) electrons. The lowest BCUT2D eigenvalue weighted by molar-refractivity contribution is -0.138. The van der Waals surface area contributed by atoms with E-state index in [-0.39, 0.29) is 5.13 Å². The zero-order chi connectivity index (χ0) is 20.5. The van der Waals surface area contributed by atoms with E-state index in [1.807, 2.05) is 6.92 Å². The normalized spacial score (nSPS) is 11.6. The van der Waals surface area contributed by atoms with E-state index >= 15 is 0 Å². The number of anilines is 1. The van der Waals surface area contributed by atoms with Crippen LogP contribution in [0.3, 0.4) is 0 Å². The molecular formula is C17H13ClF3N3O3S. The molecule has 2 heterocycles. The number of halogens is 4. The number of aromatic nitrogens is 2. The largest absolute Gasteiger partial charge is 0.494 e. The van der Waals surface area contributed by atoms with Crippen LogP contribution in [0.25, 0.3) is 10.2 Å². The zero-order valence-corrected chi connectivity index (χ0v) is 15.9. The van der Waals surface area contributed by atoms with Gasteiger partial charge in [0.1, 0.15) is 17.3 Å². The maximum absolute atomic E-state index is 12.9. The highest BCUT2D eigenvalue weighted by Gasteiger charge is 2.32. The molecule has 28 heavy (non-hydrogen) atoms. The van der Waals surface area contributed by atoms with E-state index in [1.54, 1.807) is 18.2 Å². The number of carbonyl (C=O) groups excluding carboxylic acids is 1. The van der Waals surface area contributed by atoms with Crippen molar-refractivity contribution in [2.75, 3.05) is 11.9 Å². The van der Waals surface area contributed by atoms with Crippen LogP contribution < -0.4 is 15.6 Å². The first-order valence-corrected chi connectivity index (χ1v) is 9.17. The molecule has 6 nitrogen and oxygen atoms in total. The molecule has 0 aliphatic rings. The van der Waals surface area contributed by atoms with Crippen molar-refractivity contribution in [3.63, 3.8) is 0 Å². The number of ether oxygens (including phenoxy) is 1. The molecule has 1 N–H and O–H groups in total. The summed E-state index contributed by atoms with van der Waals surface area (Å²) in [7, 11) is 0. The maximum atomic E-state index is 12.9. The first-order chi connectivity index (χ1) is 13.2. The van der Waals surface area contributed by atoms with Crippen molar-refractivity contribution in [3.8, 4) is 5.75 Å². The number of hydrogen-bond acceptors (Lipinski definition) is 5. The number of pyridine rings is 1. The number of carbonyl (C=O) groups is 1. The van der Waals surface area contributed by atoms with Gasteiger partial charge in [0.15, 0.2) is 5.13 Å². The first kappa shape index (κ1) is 20.2. The summed E-state index contributed by atoms with van der Waals surface area (Å²) in [6.45, 7) is 1.72. The number of thiazole rings is 1. The predicted octanol–water partition coefficient (Wildman–Crippen LogP) is 4.17. The minimum absolute atomic E-state index is 0.250. The van der Waals surface area contributed by atoms with E-state index in [4.69, 9.17) is 16.3 Å². The fourth-order valence-corrected chi connectivity index (χ4v) is 3.54. The minimum atomic E-state index is -4.69. The third-order valence-corrected chi connectivity index (χ3v) is 4.81. The van der Waals surface area contributed by atoms with Crippen molar-refractivity contribution < 1.29 is 22.7 Å². The molecule has 0 saturated heterocycles. The Kier molecular flexibility index (Phi) is 5.61. The third kappa shape index (κ3) is 4.45. The highest BCUT2D eigenvalue weighted by atomic mass is 35.5. The van der Waals surface area contributed by atoms with Crippen LogP contribution in [0.1, 0.15) is 12.5 Å². The lowest BCUT2D eigenvalue weighted by Gasteiger charge is -2.11. The molecule has 0 atom stereocenters. The van der Waals surface area contributed by atoms with Crippen LogP contribution in [0.5, 0.6) is 5.75 Å². The second-order valence-electron chi connectivity index (χ2n) is 5.64. The molecule has 11 heteroatoms. The van der Waals surface area contributed by atoms with Gasteiger partial charge in [-0.05, 0) is 31.2 Å². The average molecular weight is 432 g/mol. The quantitative estimate of drug-likeness (QED) is 0.658. The van der Waals surface area contributed by atoms with Crippen molar-refractivity contribution >= 4 is 44.2 Å². The van der Waals surface area contributed by atoms with Crippen LogP contribution in [0.2, 0.25) is 5.02 Å². The smallest absolute Gasteiger partial charge is 0.417 e. The van der Waals surface area contributed by atoms with E-state index in [1.165, 1.54) is 11.3 Å². The Morgan fingerprint density at radius 3 is 2.79 bits per heavy atom. The van der Waals surface area contributed by atoms with Crippen molar-refractivity contribution in [3.05, 3.63) is 51.4 Å². The molecule has 1 amide bonds. The number of benzene rings is 1. The number of fused-ring (bicyclic) bond motifs is 1. The molecule has 0 spiro atoms. The van der Waals surface area contributed by atoms with Crippen molar-refractivity contribution in [2.45, 2.75) is 19.6 Å². The summed E-state index contributed by atoms with van der Waals surface area (Å²) in [5.74, 6) is -0.0525.